The average molecular weight is 393 g/mol. The lowest BCUT2D eigenvalue weighted by Crippen LogP contribution is -2.33. The molecule has 0 fully saturated rings. The summed E-state index contributed by atoms with van der Waals surface area (Å²) in [7, 11) is 0. The number of ketones is 1. The Balaban J connectivity index is 1.66. The molecule has 0 bridgehead atoms. The number of aromatic nitrogens is 1. The van der Waals surface area contributed by atoms with Crippen LogP contribution in [-0.2, 0) is 4.79 Å². The van der Waals surface area contributed by atoms with E-state index in [4.69, 9.17) is 0 Å². The van der Waals surface area contributed by atoms with E-state index in [-0.39, 0.29) is 17.2 Å². The second-order valence-corrected chi connectivity index (χ2v) is 9.41. The summed E-state index contributed by atoms with van der Waals surface area (Å²) in [6.45, 7) is 4.42. The van der Waals surface area contributed by atoms with Crippen molar-refractivity contribution < 1.29 is 4.79 Å². The van der Waals surface area contributed by atoms with Gasteiger partial charge in [-0.2, -0.15) is 0 Å². The van der Waals surface area contributed by atoms with E-state index >= 15 is 0 Å². The van der Waals surface area contributed by atoms with Gasteiger partial charge < -0.3 is 10.3 Å². The first-order valence-electron chi connectivity index (χ1n) is 10.6. The molecule has 2 N–H and O–H groups in total. The first kappa shape index (κ1) is 17.5. The Kier molecular flexibility index (Phi) is 3.55. The second kappa shape index (κ2) is 6.09. The molecule has 30 heavy (non-hydrogen) atoms. The lowest BCUT2D eigenvalue weighted by atomic mass is 9.68. The van der Waals surface area contributed by atoms with Gasteiger partial charge in [-0.25, -0.2) is 0 Å². The summed E-state index contributed by atoms with van der Waals surface area (Å²) in [6.07, 6.45) is 3.56. The quantitative estimate of drug-likeness (QED) is 0.382. The van der Waals surface area contributed by atoms with E-state index in [1.54, 1.807) is 0 Å². The summed E-state index contributed by atoms with van der Waals surface area (Å²) in [5, 5.41) is 7.35. The van der Waals surface area contributed by atoms with Gasteiger partial charge in [-0.1, -0.05) is 62.4 Å². The van der Waals surface area contributed by atoms with Crippen LogP contribution in [0.15, 0.2) is 72.4 Å². The fraction of sp³-hybridized carbons (Fsp3) is 0.222. The topological polar surface area (TPSA) is 44.9 Å². The normalized spacial score (nSPS) is 20.2. The summed E-state index contributed by atoms with van der Waals surface area (Å²) in [5.74, 6) is 0.266. The lowest BCUT2D eigenvalue weighted by molar-refractivity contribution is -0.118. The maximum atomic E-state index is 13.5. The third-order valence-corrected chi connectivity index (χ3v) is 6.67. The molecule has 1 aliphatic carbocycles. The van der Waals surface area contributed by atoms with E-state index in [0.29, 0.717) is 6.42 Å². The van der Waals surface area contributed by atoms with E-state index in [1.165, 1.54) is 27.3 Å². The molecule has 1 atom stereocenters. The number of para-hydroxylation sites is 1. The number of aromatic amines is 1. The average Bonchev–Trinajstić information content (AvgIpc) is 3.16. The highest BCUT2D eigenvalue weighted by atomic mass is 16.1. The number of carbonyl (C=O) groups excluding carboxylic acids is 1. The Bertz CT molecular complexity index is 1370. The van der Waals surface area contributed by atoms with Crippen LogP contribution in [0.25, 0.3) is 27.2 Å². The predicted octanol–water partition coefficient (Wildman–Crippen LogP) is 6.63. The first-order chi connectivity index (χ1) is 14.5. The van der Waals surface area contributed by atoms with Gasteiger partial charge in [0.25, 0.3) is 0 Å². The van der Waals surface area contributed by atoms with Crippen molar-refractivity contribution in [1.82, 2.24) is 4.98 Å². The summed E-state index contributed by atoms with van der Waals surface area (Å²) < 4.78 is 0. The number of allylic oxidation sites excluding steroid dienone is 1. The van der Waals surface area contributed by atoms with Gasteiger partial charge in [-0.15, -0.1) is 0 Å². The molecule has 2 aliphatic rings. The highest BCUT2D eigenvalue weighted by Crippen LogP contribution is 2.52. The monoisotopic (exact) mass is 392 g/mol. The molecule has 0 amide bonds. The van der Waals surface area contributed by atoms with Crippen molar-refractivity contribution in [3.05, 3.63) is 83.6 Å². The van der Waals surface area contributed by atoms with Crippen molar-refractivity contribution in [2.24, 2.45) is 5.41 Å². The van der Waals surface area contributed by atoms with Crippen molar-refractivity contribution in [2.45, 2.75) is 32.7 Å². The van der Waals surface area contributed by atoms with Crippen molar-refractivity contribution >= 4 is 38.7 Å². The maximum absolute atomic E-state index is 13.5. The minimum atomic E-state index is -0.131. The van der Waals surface area contributed by atoms with Crippen molar-refractivity contribution in [3.63, 3.8) is 0 Å². The highest BCUT2D eigenvalue weighted by Gasteiger charge is 2.41. The Morgan fingerprint density at radius 1 is 0.900 bits per heavy atom. The summed E-state index contributed by atoms with van der Waals surface area (Å²) in [5.41, 5.74) is 6.70. The minimum absolute atomic E-state index is 0.0355. The molecule has 3 nitrogen and oxygen atoms in total. The highest BCUT2D eigenvalue weighted by molar-refractivity contribution is 6.13. The number of hydrogen-bond donors (Lipinski definition) is 2. The number of rotatable bonds is 1. The summed E-state index contributed by atoms with van der Waals surface area (Å²) in [4.78, 5) is 16.9. The summed E-state index contributed by atoms with van der Waals surface area (Å²) >= 11 is 0. The molecule has 3 heteroatoms. The number of hydrogen-bond acceptors (Lipinski definition) is 2. The van der Waals surface area contributed by atoms with Crippen LogP contribution >= 0.6 is 0 Å². The van der Waals surface area contributed by atoms with Crippen LogP contribution in [0.2, 0.25) is 0 Å². The Labute approximate surface area is 175 Å². The molecule has 6 rings (SSSR count). The largest absolute Gasteiger partial charge is 0.373 e. The van der Waals surface area contributed by atoms with E-state index in [0.717, 1.165) is 28.8 Å². The lowest BCUT2D eigenvalue weighted by Gasteiger charge is -2.40. The van der Waals surface area contributed by atoms with Crippen molar-refractivity contribution in [1.29, 1.82) is 0 Å². The van der Waals surface area contributed by atoms with Gasteiger partial charge in [-0.05, 0) is 40.3 Å². The number of H-pyrrole nitrogens is 1. The number of benzene rings is 3. The molecule has 0 unspecified atom stereocenters. The smallest absolute Gasteiger partial charge is 0.162 e. The van der Waals surface area contributed by atoms with Gasteiger partial charge in [0.2, 0.25) is 0 Å². The molecule has 0 saturated carbocycles. The van der Waals surface area contributed by atoms with E-state index < -0.39 is 0 Å². The Morgan fingerprint density at radius 3 is 2.53 bits per heavy atom. The van der Waals surface area contributed by atoms with Gasteiger partial charge in [0.1, 0.15) is 0 Å². The second-order valence-electron chi connectivity index (χ2n) is 9.41. The number of anilines is 1. The van der Waals surface area contributed by atoms with Crippen LogP contribution in [0.1, 0.15) is 43.9 Å². The molecule has 0 spiro atoms. The molecule has 148 valence electrons. The van der Waals surface area contributed by atoms with Gasteiger partial charge in [0.15, 0.2) is 5.78 Å². The maximum Gasteiger partial charge on any atom is 0.162 e. The fourth-order valence-electron chi connectivity index (χ4n) is 5.40. The molecule has 2 heterocycles. The molecule has 4 aromatic rings. The molecule has 1 aromatic heterocycles. The van der Waals surface area contributed by atoms with Gasteiger partial charge in [0.05, 0.1) is 6.04 Å². The van der Waals surface area contributed by atoms with E-state index in [9.17, 15) is 4.79 Å². The zero-order valence-corrected chi connectivity index (χ0v) is 17.3. The fourth-order valence-corrected chi connectivity index (χ4v) is 5.40. The van der Waals surface area contributed by atoms with Gasteiger partial charge in [-0.3, -0.25) is 4.79 Å². The number of carbonyl (C=O) groups is 1. The molecular formula is C27H24N2O. The zero-order valence-electron chi connectivity index (χ0n) is 17.3. The molecule has 3 aromatic carbocycles. The van der Waals surface area contributed by atoms with Gasteiger partial charge in [0, 0.05) is 45.9 Å². The third kappa shape index (κ3) is 2.48. The van der Waals surface area contributed by atoms with Gasteiger partial charge >= 0.3 is 0 Å². The Morgan fingerprint density at radius 2 is 1.67 bits per heavy atom. The molecule has 0 saturated heterocycles. The van der Waals surface area contributed by atoms with Crippen LogP contribution in [-0.4, -0.2) is 10.8 Å². The van der Waals surface area contributed by atoms with Crippen LogP contribution in [0.5, 0.6) is 0 Å². The van der Waals surface area contributed by atoms with Crippen molar-refractivity contribution in [3.8, 4) is 0 Å². The SMILES string of the molecule is CC1(C)CC(=O)C2=C(C1)c1c(ccc3ccccc13)N[C@H]2c1c[nH]c2ccccc12. The number of fused-ring (bicyclic) bond motifs is 5. The molecular weight excluding hydrogens is 368 g/mol. The molecule has 0 radical (unpaired) electrons. The summed E-state index contributed by atoms with van der Waals surface area (Å²) in [6, 6.07) is 21.0. The third-order valence-electron chi connectivity index (χ3n) is 6.67. The number of Topliss-reactive ketones (excluding diaryl/α,β-unsaturated/α-hetero) is 1. The molecule has 1 aliphatic heterocycles. The van der Waals surface area contributed by atoms with Crippen LogP contribution in [0.3, 0.4) is 0 Å². The first-order valence-corrected chi connectivity index (χ1v) is 10.6. The zero-order chi connectivity index (χ0) is 20.5. The van der Waals surface area contributed by atoms with Crippen molar-refractivity contribution in [2.75, 3.05) is 5.32 Å². The van der Waals surface area contributed by atoms with Crippen LogP contribution < -0.4 is 5.32 Å². The number of nitrogens with one attached hydrogen (secondary N) is 2. The predicted molar refractivity (Wildman–Crippen MR) is 124 cm³/mol. The Hall–Kier alpha value is -3.33. The standard InChI is InChI=1S/C27H24N2O/c1-27(2)13-19-24-17-8-4-3-7-16(17)11-12-22(24)29-26(25(19)23(30)14-27)20-15-28-21-10-6-5-9-18(20)21/h3-12,15,26,28-29H,13-14H2,1-2H3/t26-/m0/s1. The van der Waals surface area contributed by atoms with E-state index in [1.807, 2.05) is 6.07 Å². The van der Waals surface area contributed by atoms with Crippen LogP contribution in [0.4, 0.5) is 5.69 Å². The van der Waals surface area contributed by atoms with E-state index in [2.05, 4.69) is 84.9 Å². The van der Waals surface area contributed by atoms with Crippen LogP contribution in [0, 0.1) is 5.41 Å². The minimum Gasteiger partial charge on any atom is -0.373 e.